The number of rotatable bonds is 3. The van der Waals surface area contributed by atoms with Crippen LogP contribution in [0.4, 0.5) is 10.3 Å². The molecular weight excluding hydrogens is 447 g/mol. The molecule has 0 bridgehead atoms. The van der Waals surface area contributed by atoms with Crippen LogP contribution in [-0.2, 0) is 4.75 Å². The van der Waals surface area contributed by atoms with Crippen LogP contribution in [0.15, 0.2) is 59.2 Å². The van der Waals surface area contributed by atoms with E-state index in [4.69, 9.17) is 0 Å². The Kier molecular flexibility index (Phi) is 5.36. The largest absolute Gasteiger partial charge is 0.339 e. The normalized spacial score (nSPS) is 22.1. The van der Waals surface area contributed by atoms with Gasteiger partial charge in [-0.15, -0.1) is 11.3 Å². The van der Waals surface area contributed by atoms with Gasteiger partial charge < -0.3 is 10.2 Å². The predicted octanol–water partition coefficient (Wildman–Crippen LogP) is 3.41. The van der Waals surface area contributed by atoms with E-state index < -0.39 is 10.6 Å². The van der Waals surface area contributed by atoms with Gasteiger partial charge >= 0.3 is 0 Å². The van der Waals surface area contributed by atoms with Crippen LogP contribution in [0.3, 0.4) is 0 Å². The van der Waals surface area contributed by atoms with E-state index in [1.165, 1.54) is 23.1 Å². The minimum atomic E-state index is -0.486. The number of thiophene rings is 1. The molecule has 3 aromatic rings. The Labute approximate surface area is 192 Å². The van der Waals surface area contributed by atoms with Gasteiger partial charge in [-0.05, 0) is 18.2 Å². The van der Waals surface area contributed by atoms with E-state index in [-0.39, 0.29) is 11.8 Å². The Balaban J connectivity index is 1.45. The highest BCUT2D eigenvalue weighted by atomic mass is 32.2. The summed E-state index contributed by atoms with van der Waals surface area (Å²) in [5, 5.41) is 14.7. The number of anilines is 1. The number of thioether (sulfide) groups is 1. The third-order valence-corrected chi connectivity index (χ3v) is 8.26. The van der Waals surface area contributed by atoms with Crippen LogP contribution < -0.4 is 10.2 Å². The van der Waals surface area contributed by atoms with Crippen LogP contribution in [0.2, 0.25) is 0 Å². The van der Waals surface area contributed by atoms with Crippen molar-refractivity contribution in [1.29, 1.82) is 5.26 Å². The van der Waals surface area contributed by atoms with Crippen LogP contribution in [0, 0.1) is 23.1 Å². The molecule has 0 saturated carbocycles. The molecule has 1 fully saturated rings. The molecule has 1 aromatic carbocycles. The van der Waals surface area contributed by atoms with Gasteiger partial charge in [-0.2, -0.15) is 5.26 Å². The van der Waals surface area contributed by atoms with E-state index in [2.05, 4.69) is 26.3 Å². The SMILES string of the molecule is N#Cc1csc(C23CN(c4ncc(F)cn4)CC2CN=C(NC(=O)c2ccccc2)S3)c1. The predicted molar refractivity (Wildman–Crippen MR) is 122 cm³/mol. The number of hydrogen-bond donors (Lipinski definition) is 1. The monoisotopic (exact) mass is 464 g/mol. The highest BCUT2D eigenvalue weighted by Crippen LogP contribution is 2.52. The van der Waals surface area contributed by atoms with Gasteiger partial charge in [0.05, 0.1) is 22.7 Å². The van der Waals surface area contributed by atoms with Crippen LogP contribution in [0.1, 0.15) is 20.8 Å². The van der Waals surface area contributed by atoms with Crippen LogP contribution in [0.25, 0.3) is 0 Å². The minimum absolute atomic E-state index is 0.115. The molecule has 0 aliphatic carbocycles. The number of nitrogens with one attached hydrogen (secondary N) is 1. The molecule has 10 heteroatoms. The summed E-state index contributed by atoms with van der Waals surface area (Å²) in [6, 6.07) is 13.1. The van der Waals surface area contributed by atoms with Crippen molar-refractivity contribution >= 4 is 40.1 Å². The van der Waals surface area contributed by atoms with Gasteiger partial charge in [0.2, 0.25) is 5.95 Å². The molecule has 2 atom stereocenters. The van der Waals surface area contributed by atoms with Crippen molar-refractivity contribution in [3.05, 3.63) is 76.0 Å². The molecule has 160 valence electrons. The maximum absolute atomic E-state index is 13.3. The molecular formula is C22H17FN6OS2. The van der Waals surface area contributed by atoms with Crippen molar-refractivity contribution in [2.75, 3.05) is 24.5 Å². The number of amides is 1. The first-order chi connectivity index (χ1) is 15.6. The van der Waals surface area contributed by atoms with Crippen molar-refractivity contribution in [2.24, 2.45) is 10.9 Å². The fraction of sp³-hybridized carbons (Fsp3) is 0.227. The Bertz CT molecular complexity index is 1220. The highest BCUT2D eigenvalue weighted by Gasteiger charge is 2.53. The van der Waals surface area contributed by atoms with E-state index in [1.807, 2.05) is 34.5 Å². The lowest BCUT2D eigenvalue weighted by molar-refractivity contribution is 0.0977. The molecule has 4 heterocycles. The average Bonchev–Trinajstić information content (AvgIpc) is 3.45. The molecule has 0 spiro atoms. The van der Waals surface area contributed by atoms with E-state index in [1.54, 1.807) is 12.1 Å². The lowest BCUT2D eigenvalue weighted by Crippen LogP contribution is -2.42. The third kappa shape index (κ3) is 3.74. The Hall–Kier alpha value is -3.29. The number of nitrogens with zero attached hydrogens (tertiary/aromatic N) is 5. The lowest BCUT2D eigenvalue weighted by atomic mass is 9.93. The van der Waals surface area contributed by atoms with Gasteiger partial charge in [-0.25, -0.2) is 14.4 Å². The molecule has 2 aliphatic heterocycles. The summed E-state index contributed by atoms with van der Waals surface area (Å²) in [6.45, 7) is 1.70. The number of nitriles is 1. The van der Waals surface area contributed by atoms with E-state index in [0.717, 1.165) is 17.3 Å². The summed E-state index contributed by atoms with van der Waals surface area (Å²) in [6.07, 6.45) is 2.32. The van der Waals surface area contributed by atoms with Gasteiger partial charge in [0.1, 0.15) is 6.07 Å². The fourth-order valence-electron chi connectivity index (χ4n) is 4.00. The summed E-state index contributed by atoms with van der Waals surface area (Å²) in [4.78, 5) is 28.7. The third-order valence-electron chi connectivity index (χ3n) is 5.55. The molecule has 2 aromatic heterocycles. The van der Waals surface area contributed by atoms with Gasteiger partial charge in [-0.3, -0.25) is 9.79 Å². The fourth-order valence-corrected chi connectivity index (χ4v) is 6.59. The molecule has 0 radical (unpaired) electrons. The van der Waals surface area contributed by atoms with Crippen molar-refractivity contribution in [1.82, 2.24) is 15.3 Å². The number of fused-ring (bicyclic) bond motifs is 1. The van der Waals surface area contributed by atoms with Crippen molar-refractivity contribution < 1.29 is 9.18 Å². The minimum Gasteiger partial charge on any atom is -0.339 e. The van der Waals surface area contributed by atoms with E-state index in [0.29, 0.717) is 41.9 Å². The first kappa shape index (κ1) is 20.6. The first-order valence-corrected chi connectivity index (χ1v) is 11.6. The highest BCUT2D eigenvalue weighted by molar-refractivity contribution is 8.14. The topological polar surface area (TPSA) is 94.3 Å². The number of carbonyl (C=O) groups is 1. The first-order valence-electron chi connectivity index (χ1n) is 9.89. The summed E-state index contributed by atoms with van der Waals surface area (Å²) in [7, 11) is 0. The smallest absolute Gasteiger partial charge is 0.257 e. The van der Waals surface area contributed by atoms with Gasteiger partial charge in [0.15, 0.2) is 11.0 Å². The van der Waals surface area contributed by atoms with Crippen molar-refractivity contribution in [2.45, 2.75) is 4.75 Å². The number of carbonyl (C=O) groups excluding carboxylic acids is 1. The van der Waals surface area contributed by atoms with Crippen LogP contribution in [0.5, 0.6) is 0 Å². The van der Waals surface area contributed by atoms with E-state index >= 15 is 0 Å². The molecule has 5 rings (SSSR count). The van der Waals surface area contributed by atoms with Crippen molar-refractivity contribution in [3.8, 4) is 6.07 Å². The average molecular weight is 465 g/mol. The van der Waals surface area contributed by atoms with Gasteiger partial charge in [-0.1, -0.05) is 30.0 Å². The standard InChI is InChI=1S/C22H17FN6OS2/c23-17-9-25-20(26-10-17)29-11-16-8-27-21(28-19(30)15-4-2-1-3-5-15)32-22(16,13-29)18-6-14(7-24)12-31-18/h1-6,9-10,12,16H,8,11,13H2,(H,27,28,30). The van der Waals surface area contributed by atoms with E-state index in [9.17, 15) is 14.4 Å². The summed E-state index contributed by atoms with van der Waals surface area (Å²) in [5.41, 5.74) is 1.16. The number of halogens is 1. The number of aromatic nitrogens is 2. The quantitative estimate of drug-likeness (QED) is 0.638. The lowest BCUT2D eigenvalue weighted by Gasteiger charge is -2.35. The van der Waals surface area contributed by atoms with Crippen LogP contribution in [-0.4, -0.2) is 40.7 Å². The number of hydrogen-bond acceptors (Lipinski definition) is 8. The number of amidine groups is 1. The Morgan fingerprint density at radius 3 is 2.78 bits per heavy atom. The molecule has 1 N–H and O–H groups in total. The molecule has 2 unspecified atom stereocenters. The number of aliphatic imine (C=N–C) groups is 1. The Morgan fingerprint density at radius 2 is 2.06 bits per heavy atom. The zero-order chi connectivity index (χ0) is 22.1. The summed E-state index contributed by atoms with van der Waals surface area (Å²) >= 11 is 3.03. The summed E-state index contributed by atoms with van der Waals surface area (Å²) in [5.74, 6) is -0.136. The second kappa shape index (κ2) is 8.33. The van der Waals surface area contributed by atoms with Crippen molar-refractivity contribution in [3.63, 3.8) is 0 Å². The maximum atomic E-state index is 13.3. The van der Waals surface area contributed by atoms with Gasteiger partial charge in [0, 0.05) is 41.4 Å². The maximum Gasteiger partial charge on any atom is 0.257 e. The zero-order valence-corrected chi connectivity index (χ0v) is 18.4. The molecule has 7 nitrogen and oxygen atoms in total. The molecule has 32 heavy (non-hydrogen) atoms. The zero-order valence-electron chi connectivity index (χ0n) is 16.7. The molecule has 1 amide bonds. The van der Waals surface area contributed by atoms with Gasteiger partial charge in [0.25, 0.3) is 5.91 Å². The Morgan fingerprint density at radius 1 is 1.28 bits per heavy atom. The second-order valence-electron chi connectivity index (χ2n) is 7.55. The molecule has 1 saturated heterocycles. The van der Waals surface area contributed by atoms with Crippen LogP contribution >= 0.6 is 23.1 Å². The summed E-state index contributed by atoms with van der Waals surface area (Å²) < 4.78 is 12.9. The molecule has 2 aliphatic rings. The number of benzene rings is 1. The second-order valence-corrected chi connectivity index (χ2v) is 9.78.